The summed E-state index contributed by atoms with van der Waals surface area (Å²) in [6, 6.07) is 12.3. The zero-order chi connectivity index (χ0) is 19.8. The van der Waals surface area contributed by atoms with Gasteiger partial charge >= 0.3 is 5.97 Å². The Morgan fingerprint density at radius 1 is 1.07 bits per heavy atom. The second-order valence-corrected chi connectivity index (χ2v) is 6.54. The molecule has 0 radical (unpaired) electrons. The number of benzene rings is 2. The molecule has 2 N–H and O–H groups in total. The van der Waals surface area contributed by atoms with E-state index in [0.717, 1.165) is 4.90 Å². The molecule has 0 saturated carbocycles. The molecule has 0 aliphatic heterocycles. The van der Waals surface area contributed by atoms with Crippen molar-refractivity contribution in [3.8, 4) is 0 Å². The number of hydrogen-bond acceptors (Lipinski definition) is 6. The fourth-order valence-electron chi connectivity index (χ4n) is 2.13. The summed E-state index contributed by atoms with van der Waals surface area (Å²) in [4.78, 5) is 45.4. The molecule has 0 aromatic heterocycles. The maximum absolute atomic E-state index is 12.2. The van der Waals surface area contributed by atoms with Crippen LogP contribution in [0.4, 0.5) is 11.4 Å². The Bertz CT molecular complexity index is 884. The highest BCUT2D eigenvalue weighted by molar-refractivity contribution is 8.00. The summed E-state index contributed by atoms with van der Waals surface area (Å²) in [5.41, 5.74) is 0.616. The zero-order valence-electron chi connectivity index (χ0n) is 14.1. The fraction of sp³-hybridized carbons (Fsp3) is 0.167. The molecule has 0 aliphatic rings. The van der Waals surface area contributed by atoms with E-state index in [9.17, 15) is 24.5 Å². The highest BCUT2D eigenvalue weighted by Crippen LogP contribution is 2.23. The van der Waals surface area contributed by atoms with Crippen molar-refractivity contribution in [1.29, 1.82) is 0 Å². The molecule has 8 nitrogen and oxygen atoms in total. The maximum Gasteiger partial charge on any atom is 0.303 e. The number of carboxylic acid groups (broad SMARTS) is 1. The topological polar surface area (TPSA) is 127 Å². The molecule has 0 bridgehead atoms. The summed E-state index contributed by atoms with van der Waals surface area (Å²) in [6.45, 7) is 0. The number of carboxylic acids is 1. The molecule has 0 spiro atoms. The number of ketones is 1. The summed E-state index contributed by atoms with van der Waals surface area (Å²) in [5.74, 6) is -1.63. The van der Waals surface area contributed by atoms with Crippen molar-refractivity contribution in [2.24, 2.45) is 0 Å². The lowest BCUT2D eigenvalue weighted by atomic mass is 10.1. The third kappa shape index (κ3) is 6.55. The van der Waals surface area contributed by atoms with Gasteiger partial charge in [0, 0.05) is 34.7 Å². The van der Waals surface area contributed by atoms with Gasteiger partial charge in [-0.2, -0.15) is 0 Å². The number of nitrogens with zero attached hydrogens (tertiary/aromatic N) is 1. The molecule has 0 atom stereocenters. The molecule has 2 aromatic carbocycles. The molecule has 0 fully saturated rings. The van der Waals surface area contributed by atoms with E-state index >= 15 is 0 Å². The lowest BCUT2D eigenvalue weighted by Crippen LogP contribution is -2.13. The van der Waals surface area contributed by atoms with Gasteiger partial charge in [0.25, 0.3) is 5.69 Å². The highest BCUT2D eigenvalue weighted by atomic mass is 32.2. The average Bonchev–Trinajstić information content (AvgIpc) is 2.65. The number of aliphatic carboxylic acids is 1. The van der Waals surface area contributed by atoms with Crippen molar-refractivity contribution in [2.75, 3.05) is 11.1 Å². The van der Waals surface area contributed by atoms with Gasteiger partial charge in [-0.05, 0) is 18.2 Å². The zero-order valence-corrected chi connectivity index (χ0v) is 14.9. The van der Waals surface area contributed by atoms with E-state index in [1.165, 1.54) is 36.0 Å². The van der Waals surface area contributed by atoms with Crippen LogP contribution in [0.5, 0.6) is 0 Å². The first kappa shape index (κ1) is 20.1. The van der Waals surface area contributed by atoms with Crippen LogP contribution in [0.3, 0.4) is 0 Å². The Kier molecular flexibility index (Phi) is 7.07. The van der Waals surface area contributed by atoms with Crippen molar-refractivity contribution in [2.45, 2.75) is 17.7 Å². The van der Waals surface area contributed by atoms with Crippen LogP contribution in [-0.4, -0.2) is 33.4 Å². The third-order valence-electron chi connectivity index (χ3n) is 3.43. The molecule has 27 heavy (non-hydrogen) atoms. The minimum Gasteiger partial charge on any atom is -0.481 e. The number of nitro benzene ring substituents is 1. The van der Waals surface area contributed by atoms with Gasteiger partial charge < -0.3 is 10.4 Å². The first-order valence-electron chi connectivity index (χ1n) is 7.87. The lowest BCUT2D eigenvalue weighted by Gasteiger charge is -2.07. The average molecular weight is 388 g/mol. The van der Waals surface area contributed by atoms with Gasteiger partial charge in [0.2, 0.25) is 5.91 Å². The van der Waals surface area contributed by atoms with Crippen molar-refractivity contribution < 1.29 is 24.4 Å². The number of carbonyl (C=O) groups excluding carboxylic acids is 2. The minimum atomic E-state index is -1.05. The Morgan fingerprint density at radius 2 is 1.81 bits per heavy atom. The van der Waals surface area contributed by atoms with Crippen LogP contribution >= 0.6 is 11.8 Å². The normalized spacial score (nSPS) is 10.2. The molecule has 0 saturated heterocycles. The second kappa shape index (κ2) is 9.48. The maximum atomic E-state index is 12.2. The van der Waals surface area contributed by atoms with Gasteiger partial charge in [-0.1, -0.05) is 18.2 Å². The number of Topliss-reactive ketones (excluding diaryl/α,β-unsaturated/α-hetero) is 1. The molecule has 140 valence electrons. The molecule has 0 heterocycles. The first-order chi connectivity index (χ1) is 12.8. The van der Waals surface area contributed by atoms with Crippen molar-refractivity contribution >= 4 is 40.8 Å². The number of nitrogens with one attached hydrogen (secondary N) is 1. The Labute approximate surface area is 158 Å². The van der Waals surface area contributed by atoms with E-state index in [4.69, 9.17) is 5.11 Å². The molecule has 2 rings (SSSR count). The van der Waals surface area contributed by atoms with E-state index in [-0.39, 0.29) is 35.6 Å². The summed E-state index contributed by atoms with van der Waals surface area (Å²) >= 11 is 1.23. The van der Waals surface area contributed by atoms with Crippen LogP contribution in [0, 0.1) is 10.1 Å². The molecule has 9 heteroatoms. The molecule has 1 amide bonds. The third-order valence-corrected chi connectivity index (χ3v) is 4.43. The molecular weight excluding hydrogens is 372 g/mol. The number of nitro groups is 1. The molecule has 2 aromatic rings. The molecule has 0 unspecified atom stereocenters. The number of carbonyl (C=O) groups is 3. The summed E-state index contributed by atoms with van der Waals surface area (Å²) in [5, 5.41) is 22.0. The number of anilines is 1. The van der Waals surface area contributed by atoms with E-state index < -0.39 is 16.8 Å². The van der Waals surface area contributed by atoms with Crippen LogP contribution in [0.25, 0.3) is 0 Å². The number of thioether (sulfide) groups is 1. The first-order valence-corrected chi connectivity index (χ1v) is 8.86. The van der Waals surface area contributed by atoms with Gasteiger partial charge in [0.1, 0.15) is 0 Å². The summed E-state index contributed by atoms with van der Waals surface area (Å²) < 4.78 is 0. The number of hydrogen-bond donors (Lipinski definition) is 2. The van der Waals surface area contributed by atoms with Crippen LogP contribution in [-0.2, 0) is 9.59 Å². The molecular formula is C18H16N2O6S. The standard InChI is InChI=1S/C18H16N2O6S/c21-16(12-3-1-5-14(9-12)20(25)26)11-27-15-6-2-4-13(10-15)19-17(22)7-8-18(23)24/h1-6,9-10H,7-8,11H2,(H,19,22)(H,23,24). The van der Waals surface area contributed by atoms with Gasteiger partial charge in [-0.3, -0.25) is 24.5 Å². The SMILES string of the molecule is O=C(O)CCC(=O)Nc1cccc(SCC(=O)c2cccc([N+](=O)[O-])c2)c1. The van der Waals surface area contributed by atoms with Crippen LogP contribution < -0.4 is 5.32 Å². The molecule has 0 aliphatic carbocycles. The second-order valence-electron chi connectivity index (χ2n) is 5.49. The van der Waals surface area contributed by atoms with Gasteiger partial charge in [-0.15, -0.1) is 11.8 Å². The van der Waals surface area contributed by atoms with Gasteiger partial charge in [0.05, 0.1) is 17.1 Å². The minimum absolute atomic E-state index is 0.0809. The predicted molar refractivity (Wildman–Crippen MR) is 100 cm³/mol. The largest absolute Gasteiger partial charge is 0.481 e. The number of non-ortho nitro benzene ring substituents is 1. The number of rotatable bonds is 9. The van der Waals surface area contributed by atoms with Crippen LogP contribution in [0.1, 0.15) is 23.2 Å². The fourth-order valence-corrected chi connectivity index (χ4v) is 2.98. The van der Waals surface area contributed by atoms with Gasteiger partial charge in [0.15, 0.2) is 5.78 Å². The Balaban J connectivity index is 1.95. The quantitative estimate of drug-likeness (QED) is 0.292. The van der Waals surface area contributed by atoms with Crippen LogP contribution in [0.15, 0.2) is 53.4 Å². The highest BCUT2D eigenvalue weighted by Gasteiger charge is 2.12. The van der Waals surface area contributed by atoms with E-state index in [1.54, 1.807) is 24.3 Å². The summed E-state index contributed by atoms with van der Waals surface area (Å²) in [6.07, 6.45) is -0.379. The van der Waals surface area contributed by atoms with E-state index in [0.29, 0.717) is 5.69 Å². The predicted octanol–water partition coefficient (Wildman–Crippen LogP) is 3.37. The smallest absolute Gasteiger partial charge is 0.303 e. The number of amides is 1. The van der Waals surface area contributed by atoms with Crippen molar-refractivity contribution in [3.63, 3.8) is 0 Å². The Hall–Kier alpha value is -3.20. The summed E-state index contributed by atoms with van der Waals surface area (Å²) in [7, 11) is 0. The van der Waals surface area contributed by atoms with Crippen molar-refractivity contribution in [3.05, 3.63) is 64.2 Å². The van der Waals surface area contributed by atoms with Crippen LogP contribution in [0.2, 0.25) is 0 Å². The van der Waals surface area contributed by atoms with Crippen molar-refractivity contribution in [1.82, 2.24) is 0 Å². The van der Waals surface area contributed by atoms with Gasteiger partial charge in [-0.25, -0.2) is 0 Å². The monoisotopic (exact) mass is 388 g/mol. The van der Waals surface area contributed by atoms with E-state index in [2.05, 4.69) is 5.32 Å². The van der Waals surface area contributed by atoms with E-state index in [1.807, 2.05) is 0 Å². The Morgan fingerprint density at radius 3 is 2.52 bits per heavy atom. The lowest BCUT2D eigenvalue weighted by molar-refractivity contribution is -0.384.